The smallest absolute Gasteiger partial charge is 0.253 e. The molecular formula is C22H28N4O5S. The Morgan fingerprint density at radius 1 is 1.12 bits per heavy atom. The molecule has 0 atom stereocenters. The molecule has 1 aliphatic carbocycles. The van der Waals surface area contributed by atoms with Gasteiger partial charge in [-0.05, 0) is 37.1 Å². The molecule has 1 aliphatic heterocycles. The van der Waals surface area contributed by atoms with Crippen LogP contribution >= 0.6 is 0 Å². The van der Waals surface area contributed by atoms with E-state index in [4.69, 9.17) is 4.74 Å². The van der Waals surface area contributed by atoms with E-state index in [0.29, 0.717) is 44.3 Å². The van der Waals surface area contributed by atoms with E-state index >= 15 is 0 Å². The Hall–Kier alpha value is -2.56. The summed E-state index contributed by atoms with van der Waals surface area (Å²) in [4.78, 5) is 29.3. The number of hydrogen-bond acceptors (Lipinski definition) is 6. The first kappa shape index (κ1) is 22.6. The molecule has 32 heavy (non-hydrogen) atoms. The fraction of sp³-hybridized carbons (Fsp3) is 0.500. The van der Waals surface area contributed by atoms with E-state index in [-0.39, 0.29) is 22.9 Å². The van der Waals surface area contributed by atoms with Crippen LogP contribution < -0.4 is 10.9 Å². The van der Waals surface area contributed by atoms with Crippen LogP contribution in [0.4, 0.5) is 0 Å². The summed E-state index contributed by atoms with van der Waals surface area (Å²) in [5.74, 6) is 0.0518. The minimum atomic E-state index is -3.60. The largest absolute Gasteiger partial charge is 0.379 e. The Labute approximate surface area is 187 Å². The van der Waals surface area contributed by atoms with Crippen molar-refractivity contribution in [3.05, 3.63) is 58.3 Å². The fourth-order valence-electron chi connectivity index (χ4n) is 4.16. The molecular weight excluding hydrogens is 432 g/mol. The third-order valence-electron chi connectivity index (χ3n) is 6.04. The van der Waals surface area contributed by atoms with Gasteiger partial charge in [0, 0.05) is 43.7 Å². The standard InChI is InChI=1S/C22H28N4O5S/c27-21-15-20(17-3-1-2-4-17)24-16-25(21)10-9-23-22(28)18-5-7-19(8-6-18)32(29,30)26-11-13-31-14-12-26/h5-8,15-17H,1-4,9-14H2,(H,23,28). The first-order valence-electron chi connectivity index (χ1n) is 11.0. The van der Waals surface area contributed by atoms with Crippen molar-refractivity contribution >= 4 is 15.9 Å². The van der Waals surface area contributed by atoms with Gasteiger partial charge in [-0.3, -0.25) is 14.2 Å². The van der Waals surface area contributed by atoms with Crippen LogP contribution in [0.2, 0.25) is 0 Å². The average Bonchev–Trinajstić information content (AvgIpc) is 3.36. The number of nitrogens with one attached hydrogen (secondary N) is 1. The first-order chi connectivity index (χ1) is 15.4. The summed E-state index contributed by atoms with van der Waals surface area (Å²) >= 11 is 0. The molecule has 2 aromatic rings. The number of hydrogen-bond donors (Lipinski definition) is 1. The van der Waals surface area contributed by atoms with Crippen LogP contribution in [0, 0.1) is 0 Å². The van der Waals surface area contributed by atoms with E-state index in [1.807, 2.05) is 0 Å². The topological polar surface area (TPSA) is 111 Å². The molecule has 1 N–H and O–H groups in total. The summed E-state index contributed by atoms with van der Waals surface area (Å²) in [7, 11) is -3.60. The van der Waals surface area contributed by atoms with Crippen molar-refractivity contribution in [1.82, 2.24) is 19.2 Å². The predicted octanol–water partition coefficient (Wildman–Crippen LogP) is 1.35. The van der Waals surface area contributed by atoms with Gasteiger partial charge in [-0.25, -0.2) is 13.4 Å². The maximum absolute atomic E-state index is 12.7. The van der Waals surface area contributed by atoms with Gasteiger partial charge in [-0.15, -0.1) is 0 Å². The molecule has 1 amide bonds. The van der Waals surface area contributed by atoms with Crippen molar-refractivity contribution in [1.29, 1.82) is 0 Å². The second-order valence-corrected chi connectivity index (χ2v) is 10.1. The molecule has 1 aromatic carbocycles. The van der Waals surface area contributed by atoms with Gasteiger partial charge in [-0.2, -0.15) is 4.31 Å². The molecule has 10 heteroatoms. The maximum Gasteiger partial charge on any atom is 0.253 e. The highest BCUT2D eigenvalue weighted by atomic mass is 32.2. The van der Waals surface area contributed by atoms with E-state index < -0.39 is 10.0 Å². The number of sulfonamides is 1. The lowest BCUT2D eigenvalue weighted by atomic mass is 10.0. The molecule has 1 saturated carbocycles. The monoisotopic (exact) mass is 460 g/mol. The average molecular weight is 461 g/mol. The molecule has 9 nitrogen and oxygen atoms in total. The van der Waals surface area contributed by atoms with E-state index in [0.717, 1.165) is 18.5 Å². The van der Waals surface area contributed by atoms with Gasteiger partial charge >= 0.3 is 0 Å². The van der Waals surface area contributed by atoms with Crippen LogP contribution in [0.25, 0.3) is 0 Å². The molecule has 0 bridgehead atoms. The number of benzene rings is 1. The molecule has 2 fully saturated rings. The second-order valence-electron chi connectivity index (χ2n) is 8.12. The highest BCUT2D eigenvalue weighted by Gasteiger charge is 2.26. The number of carbonyl (C=O) groups excluding carboxylic acids is 1. The van der Waals surface area contributed by atoms with Gasteiger partial charge in [0.05, 0.1) is 30.1 Å². The highest BCUT2D eigenvalue weighted by molar-refractivity contribution is 7.89. The zero-order chi connectivity index (χ0) is 22.6. The lowest BCUT2D eigenvalue weighted by Crippen LogP contribution is -2.40. The molecule has 1 aromatic heterocycles. The van der Waals surface area contributed by atoms with Crippen molar-refractivity contribution in [2.45, 2.75) is 43.0 Å². The maximum atomic E-state index is 12.7. The molecule has 4 rings (SSSR count). The zero-order valence-corrected chi connectivity index (χ0v) is 18.7. The van der Waals surface area contributed by atoms with Gasteiger partial charge in [0.2, 0.25) is 10.0 Å². The molecule has 0 radical (unpaired) electrons. The van der Waals surface area contributed by atoms with Gasteiger partial charge in [0.25, 0.3) is 11.5 Å². The second kappa shape index (κ2) is 9.93. The Balaban J connectivity index is 1.32. The van der Waals surface area contributed by atoms with Crippen molar-refractivity contribution in [3.8, 4) is 0 Å². The van der Waals surface area contributed by atoms with Crippen molar-refractivity contribution in [3.63, 3.8) is 0 Å². The van der Waals surface area contributed by atoms with Gasteiger partial charge < -0.3 is 10.1 Å². The number of morpholine rings is 1. The van der Waals surface area contributed by atoms with Crippen LogP contribution in [0.5, 0.6) is 0 Å². The zero-order valence-electron chi connectivity index (χ0n) is 17.9. The van der Waals surface area contributed by atoms with E-state index in [1.165, 1.54) is 46.0 Å². The number of aromatic nitrogens is 2. The van der Waals surface area contributed by atoms with Crippen LogP contribution in [-0.4, -0.2) is 61.0 Å². The summed E-state index contributed by atoms with van der Waals surface area (Å²) in [6.07, 6.45) is 6.08. The number of rotatable bonds is 7. The predicted molar refractivity (Wildman–Crippen MR) is 118 cm³/mol. The molecule has 0 spiro atoms. The third-order valence-corrected chi connectivity index (χ3v) is 7.95. The molecule has 1 saturated heterocycles. The lowest BCUT2D eigenvalue weighted by molar-refractivity contribution is 0.0730. The van der Waals surface area contributed by atoms with E-state index in [2.05, 4.69) is 10.3 Å². The Bertz CT molecular complexity index is 1100. The van der Waals surface area contributed by atoms with E-state index in [1.54, 1.807) is 12.4 Å². The summed E-state index contributed by atoms with van der Waals surface area (Å²) < 4.78 is 33.4. The van der Waals surface area contributed by atoms with Crippen molar-refractivity contribution in [2.24, 2.45) is 0 Å². The third kappa shape index (κ3) is 5.08. The summed E-state index contributed by atoms with van der Waals surface area (Å²) in [5.41, 5.74) is 1.10. The minimum absolute atomic E-state index is 0.117. The molecule has 2 heterocycles. The number of carbonyl (C=O) groups is 1. The number of nitrogens with zero attached hydrogens (tertiary/aromatic N) is 3. The summed E-state index contributed by atoms with van der Waals surface area (Å²) in [6, 6.07) is 7.47. The van der Waals surface area contributed by atoms with Crippen LogP contribution in [-0.2, 0) is 21.3 Å². The van der Waals surface area contributed by atoms with Crippen molar-refractivity contribution < 1.29 is 17.9 Å². The van der Waals surface area contributed by atoms with Gasteiger partial charge in [0.15, 0.2) is 0 Å². The normalized spacial score (nSPS) is 18.0. The van der Waals surface area contributed by atoms with E-state index in [9.17, 15) is 18.0 Å². The van der Waals surface area contributed by atoms with Crippen molar-refractivity contribution in [2.75, 3.05) is 32.8 Å². The first-order valence-corrected chi connectivity index (χ1v) is 12.4. The number of ether oxygens (including phenoxy) is 1. The minimum Gasteiger partial charge on any atom is -0.379 e. The Morgan fingerprint density at radius 2 is 1.81 bits per heavy atom. The summed E-state index contributed by atoms with van der Waals surface area (Å²) in [5, 5.41) is 2.76. The van der Waals surface area contributed by atoms with Crippen LogP contribution in [0.15, 0.2) is 46.3 Å². The quantitative estimate of drug-likeness (QED) is 0.668. The fourth-order valence-corrected chi connectivity index (χ4v) is 5.57. The van der Waals surface area contributed by atoms with Crippen LogP contribution in [0.1, 0.15) is 47.7 Å². The Kier molecular flexibility index (Phi) is 7.02. The van der Waals surface area contributed by atoms with Gasteiger partial charge in [-0.1, -0.05) is 12.8 Å². The molecule has 0 unspecified atom stereocenters. The summed E-state index contributed by atoms with van der Waals surface area (Å²) in [6.45, 7) is 1.97. The molecule has 172 valence electrons. The van der Waals surface area contributed by atoms with Crippen LogP contribution in [0.3, 0.4) is 0 Å². The number of amides is 1. The highest BCUT2D eigenvalue weighted by Crippen LogP contribution is 2.32. The van der Waals surface area contributed by atoms with Gasteiger partial charge in [0.1, 0.15) is 0 Å². The SMILES string of the molecule is O=C(NCCn1cnc(C2CCCC2)cc1=O)c1ccc(S(=O)(=O)N2CCOCC2)cc1. The Morgan fingerprint density at radius 3 is 2.47 bits per heavy atom. The molecule has 2 aliphatic rings. The lowest BCUT2D eigenvalue weighted by Gasteiger charge is -2.26.